The van der Waals surface area contributed by atoms with E-state index in [0.29, 0.717) is 5.88 Å². The number of methoxy groups -OCH3 is 1. The Labute approximate surface area is 259 Å². The third-order valence-corrected chi connectivity index (χ3v) is 8.47. The van der Waals surface area contributed by atoms with E-state index in [1.807, 2.05) is 45.6 Å². The summed E-state index contributed by atoms with van der Waals surface area (Å²) in [5, 5.41) is 2.62. The van der Waals surface area contributed by atoms with Crippen molar-refractivity contribution in [2.45, 2.75) is 98.8 Å². The highest BCUT2D eigenvalue weighted by Crippen LogP contribution is 2.36. The molecule has 234 valence electrons. The lowest BCUT2D eigenvalue weighted by atomic mass is 9.96. The van der Waals surface area contributed by atoms with Crippen LogP contribution in [0.2, 0.25) is 0 Å². The van der Waals surface area contributed by atoms with Gasteiger partial charge in [0.05, 0.1) is 19.2 Å². The zero-order valence-corrected chi connectivity index (χ0v) is 27.9. The molecule has 2 atom stereocenters. The van der Waals surface area contributed by atoms with Crippen LogP contribution in [0, 0.1) is 6.92 Å². The van der Waals surface area contributed by atoms with Crippen LogP contribution < -0.4 is 4.90 Å². The lowest BCUT2D eigenvalue weighted by molar-refractivity contribution is 0.00277. The molecule has 0 aliphatic carbocycles. The Morgan fingerprint density at radius 3 is 2.28 bits per heavy atom. The van der Waals surface area contributed by atoms with E-state index in [1.165, 1.54) is 33.2 Å². The summed E-state index contributed by atoms with van der Waals surface area (Å²) in [4.78, 5) is 25.2. The monoisotopic (exact) mass is 588 g/mol. The Bertz CT molecular complexity index is 1370. The quantitative estimate of drug-likeness (QED) is 0.201. The Hall–Kier alpha value is -3.48. The van der Waals surface area contributed by atoms with Gasteiger partial charge in [-0.05, 0) is 94.5 Å². The maximum Gasteiger partial charge on any atom is 0.410 e. The van der Waals surface area contributed by atoms with Crippen molar-refractivity contribution in [3.63, 3.8) is 0 Å². The minimum Gasteiger partial charge on any atom is -0.481 e. The second-order valence-corrected chi connectivity index (χ2v) is 12.6. The molecule has 2 saturated heterocycles. The van der Waals surface area contributed by atoms with Crippen LogP contribution in [-0.2, 0) is 9.47 Å². The number of piperazine rings is 1. The molecule has 0 spiro atoms. The molecule has 3 aliphatic rings. The lowest BCUT2D eigenvalue weighted by Crippen LogP contribution is -2.58. The summed E-state index contributed by atoms with van der Waals surface area (Å²) in [6.07, 6.45) is 5.57. The van der Waals surface area contributed by atoms with Gasteiger partial charge in [0, 0.05) is 37.3 Å². The summed E-state index contributed by atoms with van der Waals surface area (Å²) < 4.78 is 11.5. The maximum absolute atomic E-state index is 13.1. The summed E-state index contributed by atoms with van der Waals surface area (Å²) in [6, 6.07) is 13.4. The molecule has 2 unspecified atom stereocenters. The van der Waals surface area contributed by atoms with Gasteiger partial charge in [-0.1, -0.05) is 51.1 Å². The number of allylic oxidation sites excluding steroid dienone is 1. The van der Waals surface area contributed by atoms with Crippen molar-refractivity contribution in [1.29, 1.82) is 0 Å². The molecule has 2 aromatic carbocycles. The Kier molecular flexibility index (Phi) is 10.5. The maximum atomic E-state index is 13.1. The van der Waals surface area contributed by atoms with Crippen LogP contribution in [0.5, 0.6) is 0 Å². The first-order valence-corrected chi connectivity index (χ1v) is 16.1. The molecule has 7 heteroatoms. The second kappa shape index (κ2) is 13.9. The van der Waals surface area contributed by atoms with Gasteiger partial charge in [0.1, 0.15) is 11.4 Å². The van der Waals surface area contributed by atoms with E-state index < -0.39 is 5.60 Å². The van der Waals surface area contributed by atoms with Gasteiger partial charge in [-0.2, -0.15) is 4.99 Å². The molecule has 5 rings (SSSR count). The van der Waals surface area contributed by atoms with Gasteiger partial charge in [0.2, 0.25) is 5.88 Å². The van der Waals surface area contributed by atoms with E-state index in [2.05, 4.69) is 67.0 Å². The summed E-state index contributed by atoms with van der Waals surface area (Å²) >= 11 is 0. The minimum absolute atomic E-state index is 0.120. The van der Waals surface area contributed by atoms with Crippen LogP contribution in [0.15, 0.2) is 64.5 Å². The summed E-state index contributed by atoms with van der Waals surface area (Å²) in [5.41, 5.74) is 4.72. The first kappa shape index (κ1) is 32.4. The molecule has 3 aliphatic heterocycles. The minimum atomic E-state index is -0.503. The number of carbonyl (C=O) groups excluding carboxylic acids is 1. The molecular weight excluding hydrogens is 536 g/mol. The summed E-state index contributed by atoms with van der Waals surface area (Å²) in [6.45, 7) is 19.6. The van der Waals surface area contributed by atoms with Gasteiger partial charge in [-0.25, -0.2) is 4.79 Å². The number of hydrogen-bond donors (Lipinski definition) is 0. The van der Waals surface area contributed by atoms with E-state index in [0.717, 1.165) is 57.7 Å². The molecule has 0 aromatic heterocycles. The number of hydrogen-bond acceptors (Lipinski definition) is 5. The zero-order valence-electron chi connectivity index (χ0n) is 27.9. The molecule has 0 N–H and O–H groups in total. The highest BCUT2D eigenvalue weighted by atomic mass is 16.6. The number of amides is 1. The third-order valence-electron chi connectivity index (χ3n) is 8.47. The van der Waals surface area contributed by atoms with E-state index in [9.17, 15) is 4.79 Å². The molecule has 2 fully saturated rings. The van der Waals surface area contributed by atoms with Crippen molar-refractivity contribution >= 4 is 28.4 Å². The fourth-order valence-electron chi connectivity index (χ4n) is 6.67. The SMILES string of the molecule is CC.CC/C=C(/N=C(\C1=C(C)CN(c2cccc3cccc(C)c23)CC1)N1CC2CCC(C1)N2C(=O)OC(C)(C)C)OC. The summed E-state index contributed by atoms with van der Waals surface area (Å²) in [7, 11) is 1.69. The standard InChI is InChI=1S/C34H46N4O3.C2H6/c1-8-11-30(40-7)35-32(37-21-26-16-17-27(22-37)38(26)33(39)41-34(4,5)6)28-18-19-36(20-24(28)3)29-15-10-14-25-13-9-12-23(2)31(25)29;1-2/h9-15,26-27H,8,16-22H2,1-7H3;1-2H3/b30-11-,35-32+;. The van der Waals surface area contributed by atoms with Crippen LogP contribution in [0.1, 0.15) is 79.7 Å². The first-order valence-electron chi connectivity index (χ1n) is 16.1. The van der Waals surface area contributed by atoms with Gasteiger partial charge < -0.3 is 19.3 Å². The Morgan fingerprint density at radius 1 is 1.05 bits per heavy atom. The van der Waals surface area contributed by atoms with Crippen LogP contribution in [0.25, 0.3) is 10.8 Å². The fourth-order valence-corrected chi connectivity index (χ4v) is 6.67. The predicted octanol–water partition coefficient (Wildman–Crippen LogP) is 8.08. The van der Waals surface area contributed by atoms with Gasteiger partial charge in [-0.15, -0.1) is 0 Å². The van der Waals surface area contributed by atoms with Crippen molar-refractivity contribution < 1.29 is 14.3 Å². The van der Waals surface area contributed by atoms with E-state index in [4.69, 9.17) is 14.5 Å². The van der Waals surface area contributed by atoms with E-state index in [-0.39, 0.29) is 18.2 Å². The molecule has 2 aromatic rings. The highest BCUT2D eigenvalue weighted by Gasteiger charge is 2.45. The molecule has 0 saturated carbocycles. The number of likely N-dealkylation sites (tertiary alicyclic amines) is 1. The number of anilines is 1. The largest absolute Gasteiger partial charge is 0.481 e. The first-order chi connectivity index (χ1) is 20.6. The topological polar surface area (TPSA) is 57.6 Å². The predicted molar refractivity (Wildman–Crippen MR) is 179 cm³/mol. The van der Waals surface area contributed by atoms with Gasteiger partial charge >= 0.3 is 6.09 Å². The van der Waals surface area contributed by atoms with Gasteiger partial charge in [0.15, 0.2) is 0 Å². The number of nitrogens with zero attached hydrogens (tertiary/aromatic N) is 4. The number of aryl methyl sites for hydroxylation is 1. The number of carbonyl (C=O) groups is 1. The molecule has 3 heterocycles. The average Bonchev–Trinajstić information content (AvgIpc) is 3.25. The molecule has 1 amide bonds. The molecule has 7 nitrogen and oxygen atoms in total. The molecule has 43 heavy (non-hydrogen) atoms. The highest BCUT2D eigenvalue weighted by molar-refractivity contribution is 6.01. The van der Waals surface area contributed by atoms with Crippen LogP contribution in [0.4, 0.5) is 10.5 Å². The molecular formula is C36H52N4O3. The Balaban J connectivity index is 0.00000207. The van der Waals surface area contributed by atoms with Crippen molar-refractivity contribution in [3.05, 3.63) is 65.1 Å². The van der Waals surface area contributed by atoms with E-state index in [1.54, 1.807) is 7.11 Å². The second-order valence-electron chi connectivity index (χ2n) is 12.6. The van der Waals surface area contributed by atoms with Crippen molar-refractivity contribution in [3.8, 4) is 0 Å². The van der Waals surface area contributed by atoms with Crippen LogP contribution in [0.3, 0.4) is 0 Å². The van der Waals surface area contributed by atoms with Gasteiger partial charge in [0.25, 0.3) is 0 Å². The summed E-state index contributed by atoms with van der Waals surface area (Å²) in [5.74, 6) is 1.65. The normalized spacial score (nSPS) is 21.2. The van der Waals surface area contributed by atoms with Crippen LogP contribution in [-0.4, -0.2) is 72.7 Å². The van der Waals surface area contributed by atoms with Crippen molar-refractivity contribution in [2.24, 2.45) is 4.99 Å². The van der Waals surface area contributed by atoms with Gasteiger partial charge in [-0.3, -0.25) is 4.90 Å². The molecule has 2 bridgehead atoms. The zero-order chi connectivity index (χ0) is 31.3. The van der Waals surface area contributed by atoms with Crippen molar-refractivity contribution in [2.75, 3.05) is 38.2 Å². The fraction of sp³-hybridized carbons (Fsp3) is 0.556. The average molecular weight is 589 g/mol. The number of aliphatic imine (C=N–C) groups is 1. The van der Waals surface area contributed by atoms with Crippen LogP contribution >= 0.6 is 0 Å². The smallest absolute Gasteiger partial charge is 0.410 e. The number of amidine groups is 1. The number of ether oxygens (including phenoxy) is 2. The van der Waals surface area contributed by atoms with Crippen molar-refractivity contribution in [1.82, 2.24) is 9.80 Å². The molecule has 0 radical (unpaired) electrons. The number of fused-ring (bicyclic) bond motifs is 3. The number of benzene rings is 2. The van der Waals surface area contributed by atoms with E-state index >= 15 is 0 Å². The number of rotatable bonds is 5. The lowest BCUT2D eigenvalue weighted by Gasteiger charge is -2.43. The third kappa shape index (κ3) is 7.19. The Morgan fingerprint density at radius 2 is 1.70 bits per heavy atom.